The van der Waals surface area contributed by atoms with Gasteiger partial charge in [-0.1, -0.05) is 39.8 Å². The molecule has 0 aliphatic heterocycles. The van der Waals surface area contributed by atoms with Crippen LogP contribution in [0.25, 0.3) is 0 Å². The minimum Gasteiger partial charge on any atom is -0.284 e. The third-order valence-corrected chi connectivity index (χ3v) is 3.99. The van der Waals surface area contributed by atoms with Crippen molar-refractivity contribution in [3.8, 4) is 0 Å². The van der Waals surface area contributed by atoms with Crippen molar-refractivity contribution >= 4 is 15.7 Å². The number of hydrogen-bond acceptors (Lipinski definition) is 2. The van der Waals surface area contributed by atoms with Crippen LogP contribution in [0.1, 0.15) is 39.7 Å². The molecule has 0 saturated carbocycles. The van der Waals surface area contributed by atoms with Crippen LogP contribution in [0.2, 0.25) is 0 Å². The summed E-state index contributed by atoms with van der Waals surface area (Å²) < 4.78 is 25.7. The smallest absolute Gasteiger partial charge is 0.232 e. The van der Waals surface area contributed by atoms with Crippen LogP contribution < -0.4 is 4.72 Å². The monoisotopic (exact) mass is 255 g/mol. The zero-order valence-corrected chi connectivity index (χ0v) is 11.8. The van der Waals surface area contributed by atoms with Gasteiger partial charge in [-0.3, -0.25) is 4.72 Å². The van der Waals surface area contributed by atoms with Crippen LogP contribution in [0.3, 0.4) is 0 Å². The Morgan fingerprint density at radius 2 is 1.65 bits per heavy atom. The van der Waals surface area contributed by atoms with E-state index in [1.165, 1.54) is 5.56 Å². The molecule has 1 rings (SSSR count). The van der Waals surface area contributed by atoms with Crippen LogP contribution in [0.5, 0.6) is 0 Å². The van der Waals surface area contributed by atoms with Gasteiger partial charge in [-0.25, -0.2) is 8.42 Å². The van der Waals surface area contributed by atoms with E-state index in [2.05, 4.69) is 25.5 Å². The molecule has 0 aromatic heterocycles. The van der Waals surface area contributed by atoms with E-state index in [0.717, 1.165) is 0 Å². The molecule has 0 heterocycles. The Labute approximate surface area is 104 Å². The first-order valence-corrected chi connectivity index (χ1v) is 7.51. The molecule has 0 unspecified atom stereocenters. The SMILES string of the molecule is CCCS(=O)(=O)Nc1ccc(C(C)(C)C)cc1. The van der Waals surface area contributed by atoms with Gasteiger partial charge >= 0.3 is 0 Å². The molecule has 0 radical (unpaired) electrons. The van der Waals surface area contributed by atoms with Gasteiger partial charge in [0.1, 0.15) is 0 Å². The van der Waals surface area contributed by atoms with Gasteiger partial charge in [0.25, 0.3) is 0 Å². The Balaban J connectivity index is 2.83. The Hall–Kier alpha value is -1.03. The van der Waals surface area contributed by atoms with Crippen molar-refractivity contribution in [3.05, 3.63) is 29.8 Å². The molecule has 4 heteroatoms. The van der Waals surface area contributed by atoms with Crippen molar-refractivity contribution in [1.82, 2.24) is 0 Å². The predicted octanol–water partition coefficient (Wildman–Crippen LogP) is 3.14. The molecule has 0 saturated heterocycles. The summed E-state index contributed by atoms with van der Waals surface area (Å²) in [5, 5.41) is 0. The maximum atomic E-state index is 11.6. The lowest BCUT2D eigenvalue weighted by Crippen LogP contribution is -2.16. The maximum absolute atomic E-state index is 11.6. The fourth-order valence-corrected chi connectivity index (χ4v) is 2.67. The van der Waals surface area contributed by atoms with Gasteiger partial charge < -0.3 is 0 Å². The lowest BCUT2D eigenvalue weighted by atomic mass is 9.87. The van der Waals surface area contributed by atoms with Gasteiger partial charge in [0, 0.05) is 5.69 Å². The van der Waals surface area contributed by atoms with Crippen molar-refractivity contribution in [2.24, 2.45) is 0 Å². The van der Waals surface area contributed by atoms with Crippen molar-refractivity contribution < 1.29 is 8.42 Å². The van der Waals surface area contributed by atoms with Crippen LogP contribution in [0, 0.1) is 0 Å². The van der Waals surface area contributed by atoms with E-state index < -0.39 is 10.0 Å². The highest BCUT2D eigenvalue weighted by atomic mass is 32.2. The number of rotatable bonds is 4. The number of nitrogens with one attached hydrogen (secondary N) is 1. The number of anilines is 1. The van der Waals surface area contributed by atoms with Gasteiger partial charge in [0.2, 0.25) is 10.0 Å². The van der Waals surface area contributed by atoms with E-state index in [9.17, 15) is 8.42 Å². The maximum Gasteiger partial charge on any atom is 0.232 e. The van der Waals surface area contributed by atoms with E-state index in [1.54, 1.807) is 0 Å². The summed E-state index contributed by atoms with van der Waals surface area (Å²) in [7, 11) is -3.18. The molecule has 1 aromatic carbocycles. The summed E-state index contributed by atoms with van der Waals surface area (Å²) in [6.45, 7) is 8.23. The zero-order chi connectivity index (χ0) is 13.1. The first kappa shape index (κ1) is 14.0. The summed E-state index contributed by atoms with van der Waals surface area (Å²) in [5.74, 6) is 0.161. The standard InChI is InChI=1S/C13H21NO2S/c1-5-10-17(15,16)14-12-8-6-11(7-9-12)13(2,3)4/h6-9,14H,5,10H2,1-4H3. The molecule has 0 aliphatic carbocycles. The summed E-state index contributed by atoms with van der Waals surface area (Å²) in [5.41, 5.74) is 1.91. The average molecular weight is 255 g/mol. The lowest BCUT2D eigenvalue weighted by Gasteiger charge is -2.19. The largest absolute Gasteiger partial charge is 0.284 e. The topological polar surface area (TPSA) is 46.2 Å². The molecule has 0 aliphatic rings. The highest BCUT2D eigenvalue weighted by Gasteiger charge is 2.14. The van der Waals surface area contributed by atoms with E-state index in [1.807, 2.05) is 31.2 Å². The molecule has 0 atom stereocenters. The van der Waals surface area contributed by atoms with Crippen molar-refractivity contribution in [1.29, 1.82) is 0 Å². The predicted molar refractivity (Wildman–Crippen MR) is 72.8 cm³/mol. The van der Waals surface area contributed by atoms with E-state index in [0.29, 0.717) is 12.1 Å². The first-order valence-electron chi connectivity index (χ1n) is 5.85. The van der Waals surface area contributed by atoms with Crippen LogP contribution in [-0.2, 0) is 15.4 Å². The summed E-state index contributed by atoms with van der Waals surface area (Å²) in [6.07, 6.45) is 0.620. The lowest BCUT2D eigenvalue weighted by molar-refractivity contribution is 0.590. The van der Waals surface area contributed by atoms with Crippen LogP contribution >= 0.6 is 0 Å². The summed E-state index contributed by atoms with van der Waals surface area (Å²) in [4.78, 5) is 0. The zero-order valence-electron chi connectivity index (χ0n) is 10.9. The molecule has 0 amide bonds. The van der Waals surface area contributed by atoms with Crippen molar-refractivity contribution in [3.63, 3.8) is 0 Å². The van der Waals surface area contributed by atoms with E-state index >= 15 is 0 Å². The second-order valence-electron chi connectivity index (χ2n) is 5.25. The van der Waals surface area contributed by atoms with Gasteiger partial charge in [0.15, 0.2) is 0 Å². The highest BCUT2D eigenvalue weighted by molar-refractivity contribution is 7.92. The Morgan fingerprint density at radius 1 is 1.12 bits per heavy atom. The third-order valence-electron chi connectivity index (χ3n) is 2.50. The normalized spacial score (nSPS) is 12.5. The Morgan fingerprint density at radius 3 is 2.06 bits per heavy atom. The second kappa shape index (κ2) is 5.08. The van der Waals surface area contributed by atoms with Gasteiger partial charge in [-0.2, -0.15) is 0 Å². The fraction of sp³-hybridized carbons (Fsp3) is 0.538. The van der Waals surface area contributed by atoms with Crippen LogP contribution in [-0.4, -0.2) is 14.2 Å². The third kappa shape index (κ3) is 4.38. The molecular weight excluding hydrogens is 234 g/mol. The fourth-order valence-electron chi connectivity index (χ4n) is 1.54. The van der Waals surface area contributed by atoms with Gasteiger partial charge in [-0.05, 0) is 29.5 Å². The second-order valence-corrected chi connectivity index (χ2v) is 7.09. The number of hydrogen-bond donors (Lipinski definition) is 1. The Bertz CT molecular complexity index is 455. The van der Waals surface area contributed by atoms with Crippen molar-refractivity contribution in [2.75, 3.05) is 10.5 Å². The first-order chi connectivity index (χ1) is 7.74. The number of benzene rings is 1. The summed E-state index contributed by atoms with van der Waals surface area (Å²) >= 11 is 0. The molecule has 1 N–H and O–H groups in total. The molecule has 3 nitrogen and oxygen atoms in total. The molecule has 0 spiro atoms. The molecule has 0 bridgehead atoms. The highest BCUT2D eigenvalue weighted by Crippen LogP contribution is 2.23. The molecule has 17 heavy (non-hydrogen) atoms. The molecule has 0 fully saturated rings. The van der Waals surface area contributed by atoms with Gasteiger partial charge in [-0.15, -0.1) is 0 Å². The molecule has 96 valence electrons. The van der Waals surface area contributed by atoms with Crippen LogP contribution in [0.4, 0.5) is 5.69 Å². The van der Waals surface area contributed by atoms with E-state index in [-0.39, 0.29) is 11.2 Å². The minimum absolute atomic E-state index is 0.0842. The van der Waals surface area contributed by atoms with Gasteiger partial charge in [0.05, 0.1) is 5.75 Å². The molecule has 1 aromatic rings. The minimum atomic E-state index is -3.18. The molecular formula is C13H21NO2S. The quantitative estimate of drug-likeness (QED) is 0.898. The van der Waals surface area contributed by atoms with E-state index in [4.69, 9.17) is 0 Å². The van der Waals surface area contributed by atoms with Crippen LogP contribution in [0.15, 0.2) is 24.3 Å². The Kier molecular flexibility index (Phi) is 4.20. The van der Waals surface area contributed by atoms with Crippen molar-refractivity contribution in [2.45, 2.75) is 39.5 Å². The summed E-state index contributed by atoms with van der Waals surface area (Å²) in [6, 6.07) is 7.55. The average Bonchev–Trinajstić information content (AvgIpc) is 2.16. The number of sulfonamides is 1.